The fourth-order valence-electron chi connectivity index (χ4n) is 4.94. The maximum atomic E-state index is 13.7. The number of allylic oxidation sites excluding steroid dienone is 1. The van der Waals surface area contributed by atoms with E-state index in [1.54, 1.807) is 19.9 Å². The Morgan fingerprint density at radius 2 is 2.00 bits per heavy atom. The lowest BCUT2D eigenvalue weighted by molar-refractivity contribution is -0.190. The van der Waals surface area contributed by atoms with Gasteiger partial charge in [0, 0.05) is 25.0 Å². The molecule has 1 aromatic heterocycles. The van der Waals surface area contributed by atoms with Crippen LogP contribution in [0.1, 0.15) is 61.9 Å². The van der Waals surface area contributed by atoms with Crippen molar-refractivity contribution in [2.45, 2.75) is 57.5 Å². The molecule has 1 spiro atoms. The summed E-state index contributed by atoms with van der Waals surface area (Å²) in [4.78, 5) is 25.9. The lowest BCUT2D eigenvalue weighted by atomic mass is 9.75. The number of benzene rings is 1. The Labute approximate surface area is 212 Å². The number of ketones is 2. The van der Waals surface area contributed by atoms with E-state index in [1.165, 1.54) is 20.3 Å². The minimum atomic E-state index is -1.52. The van der Waals surface area contributed by atoms with E-state index in [9.17, 15) is 9.59 Å². The summed E-state index contributed by atoms with van der Waals surface area (Å²) in [5.41, 5.74) is -1.02. The van der Waals surface area contributed by atoms with E-state index >= 15 is 0 Å². The van der Waals surface area contributed by atoms with Crippen molar-refractivity contribution < 1.29 is 37.7 Å². The van der Waals surface area contributed by atoms with E-state index in [2.05, 4.69) is 10.2 Å². The van der Waals surface area contributed by atoms with Crippen LogP contribution < -0.4 is 9.47 Å². The van der Waals surface area contributed by atoms with Gasteiger partial charge in [-0.3, -0.25) is 9.59 Å². The summed E-state index contributed by atoms with van der Waals surface area (Å²) < 4.78 is 34.7. The van der Waals surface area contributed by atoms with E-state index in [0.29, 0.717) is 12.2 Å². The number of carbonyl (C=O) groups excluding carboxylic acids is 2. The molecule has 1 saturated heterocycles. The Kier molecular flexibility index (Phi) is 6.52. The Balaban J connectivity index is 1.51. The van der Waals surface area contributed by atoms with E-state index in [4.69, 9.17) is 39.7 Å². The molecule has 3 unspecified atom stereocenters. The molecule has 4 atom stereocenters. The molecule has 11 heteroatoms. The molecule has 0 saturated carbocycles. The van der Waals surface area contributed by atoms with Gasteiger partial charge in [0.1, 0.15) is 17.4 Å². The number of carbonyl (C=O) groups is 2. The van der Waals surface area contributed by atoms with Crippen molar-refractivity contribution >= 4 is 23.2 Å². The Morgan fingerprint density at radius 1 is 1.19 bits per heavy atom. The highest BCUT2D eigenvalue weighted by molar-refractivity contribution is 6.36. The van der Waals surface area contributed by atoms with Crippen molar-refractivity contribution in [3.63, 3.8) is 0 Å². The summed E-state index contributed by atoms with van der Waals surface area (Å²) >= 11 is 6.76. The zero-order chi connectivity index (χ0) is 25.6. The number of methoxy groups -OCH3 is 2. The van der Waals surface area contributed by atoms with E-state index in [1.807, 2.05) is 0 Å². The third kappa shape index (κ3) is 3.88. The van der Waals surface area contributed by atoms with Gasteiger partial charge in [-0.2, -0.15) is 0 Å². The van der Waals surface area contributed by atoms with Crippen molar-refractivity contribution in [3.8, 4) is 23.0 Å². The molecular weight excluding hydrogens is 492 g/mol. The first kappa shape index (κ1) is 24.7. The van der Waals surface area contributed by atoms with Gasteiger partial charge in [-0.25, -0.2) is 0 Å². The van der Waals surface area contributed by atoms with Crippen molar-refractivity contribution in [1.82, 2.24) is 10.2 Å². The van der Waals surface area contributed by atoms with Crippen LogP contribution in [0.5, 0.6) is 11.5 Å². The number of fused-ring (bicyclic) bond motifs is 1. The summed E-state index contributed by atoms with van der Waals surface area (Å²) in [6.07, 6.45) is 3.44. The summed E-state index contributed by atoms with van der Waals surface area (Å²) in [6.45, 7) is 4.22. The van der Waals surface area contributed by atoms with Crippen LogP contribution >= 0.6 is 11.6 Å². The van der Waals surface area contributed by atoms with Gasteiger partial charge >= 0.3 is 0 Å². The summed E-state index contributed by atoms with van der Waals surface area (Å²) in [7, 11) is 2.83. The largest absolute Gasteiger partial charge is 0.496 e. The maximum Gasteiger partial charge on any atom is 0.249 e. The smallest absolute Gasteiger partial charge is 0.249 e. The van der Waals surface area contributed by atoms with Gasteiger partial charge in [0.15, 0.2) is 23.6 Å². The minimum absolute atomic E-state index is 0.106. The summed E-state index contributed by atoms with van der Waals surface area (Å²) in [6, 6.07) is 1.56. The molecule has 0 radical (unpaired) electrons. The fourth-order valence-corrected chi connectivity index (χ4v) is 5.21. The number of Topliss-reactive ketones (excluding diaryl/α,β-unsaturated/α-hetero) is 1. The van der Waals surface area contributed by atoms with Crippen LogP contribution in [0.3, 0.4) is 0 Å². The third-order valence-electron chi connectivity index (χ3n) is 6.82. The molecule has 36 heavy (non-hydrogen) atoms. The van der Waals surface area contributed by atoms with Crippen molar-refractivity contribution in [2.24, 2.45) is 5.92 Å². The Hall–Kier alpha value is -2.95. The number of hydrogen-bond donors (Lipinski definition) is 0. The lowest BCUT2D eigenvalue weighted by Gasteiger charge is -2.36. The van der Waals surface area contributed by atoms with Crippen LogP contribution in [-0.2, 0) is 19.0 Å². The van der Waals surface area contributed by atoms with E-state index < -0.39 is 23.4 Å². The standard InChI is InChI=1S/C25H27ClN2O8/c1-12-9-14(29)10-17(32-4)25(12)22(30)19-16(31-3)11-15(20(26)21(19)36-25)24-28-27-23(35-24)13(2)34-18-7-5-6-8-33-18/h10-13,18H,5-9H2,1-4H3/t12?,13-,18?,25?/m0/s1. The molecule has 1 aromatic carbocycles. The average molecular weight is 519 g/mol. The van der Waals surface area contributed by atoms with Crippen LogP contribution in [-0.4, -0.2) is 54.5 Å². The Morgan fingerprint density at radius 3 is 2.69 bits per heavy atom. The second-order valence-corrected chi connectivity index (χ2v) is 9.49. The molecule has 2 aliphatic heterocycles. The zero-order valence-corrected chi connectivity index (χ0v) is 21.2. The highest BCUT2D eigenvalue weighted by Gasteiger charge is 2.60. The fraction of sp³-hybridized carbons (Fsp3) is 0.520. The van der Waals surface area contributed by atoms with Crippen LogP contribution in [0.25, 0.3) is 11.5 Å². The third-order valence-corrected chi connectivity index (χ3v) is 7.20. The van der Waals surface area contributed by atoms with Gasteiger partial charge in [-0.05, 0) is 32.3 Å². The van der Waals surface area contributed by atoms with Gasteiger partial charge in [0.2, 0.25) is 23.2 Å². The SMILES string of the molecule is COC1=CC(=O)CC(C)C12Oc1c(Cl)c(-c3nnc([C@H](C)OC4CCCCO4)o3)cc(OC)c1C2=O. The lowest BCUT2D eigenvalue weighted by Crippen LogP contribution is -2.51. The quantitative estimate of drug-likeness (QED) is 0.542. The molecule has 2 aromatic rings. The maximum absolute atomic E-state index is 13.7. The zero-order valence-electron chi connectivity index (χ0n) is 20.5. The van der Waals surface area contributed by atoms with E-state index in [-0.39, 0.29) is 58.1 Å². The first-order chi connectivity index (χ1) is 17.3. The van der Waals surface area contributed by atoms with Crippen LogP contribution in [0.2, 0.25) is 5.02 Å². The molecule has 3 aliphatic rings. The highest BCUT2D eigenvalue weighted by Crippen LogP contribution is 2.54. The number of hydrogen-bond acceptors (Lipinski definition) is 10. The van der Waals surface area contributed by atoms with Crippen LogP contribution in [0, 0.1) is 5.92 Å². The summed E-state index contributed by atoms with van der Waals surface area (Å²) in [5.74, 6) is -0.201. The molecule has 1 fully saturated rings. The number of aromatic nitrogens is 2. The van der Waals surface area contributed by atoms with Gasteiger partial charge in [0.25, 0.3) is 0 Å². The van der Waals surface area contributed by atoms with Crippen LogP contribution in [0.15, 0.2) is 22.3 Å². The molecule has 0 amide bonds. The molecule has 1 aliphatic carbocycles. The van der Waals surface area contributed by atoms with E-state index in [0.717, 1.165) is 19.3 Å². The minimum Gasteiger partial charge on any atom is -0.496 e. The second kappa shape index (κ2) is 9.49. The van der Waals surface area contributed by atoms with Crippen molar-refractivity contribution in [1.29, 1.82) is 0 Å². The molecule has 0 N–H and O–H groups in total. The first-order valence-electron chi connectivity index (χ1n) is 11.8. The molecule has 5 rings (SSSR count). The number of rotatable bonds is 6. The summed E-state index contributed by atoms with van der Waals surface area (Å²) in [5, 5.41) is 8.37. The van der Waals surface area contributed by atoms with Crippen molar-refractivity contribution in [2.75, 3.05) is 20.8 Å². The number of nitrogens with zero attached hydrogens (tertiary/aromatic N) is 2. The van der Waals surface area contributed by atoms with Gasteiger partial charge in [-0.1, -0.05) is 18.5 Å². The van der Waals surface area contributed by atoms with Crippen molar-refractivity contribution in [3.05, 3.63) is 34.4 Å². The topological polar surface area (TPSA) is 119 Å². The molecule has 192 valence electrons. The second-order valence-electron chi connectivity index (χ2n) is 9.12. The molecule has 0 bridgehead atoms. The monoisotopic (exact) mass is 518 g/mol. The van der Waals surface area contributed by atoms with Gasteiger partial charge in [-0.15, -0.1) is 10.2 Å². The average Bonchev–Trinajstić information content (AvgIpc) is 3.47. The first-order valence-corrected chi connectivity index (χ1v) is 12.2. The van der Waals surface area contributed by atoms with Crippen LogP contribution in [0.4, 0.5) is 0 Å². The van der Waals surface area contributed by atoms with Gasteiger partial charge in [0.05, 0.1) is 24.8 Å². The predicted molar refractivity (Wildman–Crippen MR) is 126 cm³/mol. The predicted octanol–water partition coefficient (Wildman–Crippen LogP) is 4.46. The molecule has 10 nitrogen and oxygen atoms in total. The van der Waals surface area contributed by atoms with Gasteiger partial charge < -0.3 is 28.1 Å². The highest BCUT2D eigenvalue weighted by atomic mass is 35.5. The number of ether oxygens (including phenoxy) is 5. The molecular formula is C25H27ClN2O8. The Bertz CT molecular complexity index is 1230. The normalized spacial score (nSPS) is 26.4. The number of halogens is 1. The molecule has 3 heterocycles.